The molecule has 3 aromatic rings. The molecule has 6 nitrogen and oxygen atoms in total. The number of rotatable bonds is 5. The number of amides is 1. The van der Waals surface area contributed by atoms with Crippen LogP contribution in [0.2, 0.25) is 4.34 Å². The maximum Gasteiger partial charge on any atom is 0.263 e. The Bertz CT molecular complexity index is 912. The van der Waals surface area contributed by atoms with Crippen LogP contribution in [0.4, 0.5) is 0 Å². The quantitative estimate of drug-likeness (QED) is 0.632. The van der Waals surface area contributed by atoms with Gasteiger partial charge in [0.15, 0.2) is 6.61 Å². The zero-order valence-electron chi connectivity index (χ0n) is 14.5. The lowest BCUT2D eigenvalue weighted by atomic mass is 9.98. The van der Waals surface area contributed by atoms with E-state index in [4.69, 9.17) is 20.8 Å². The van der Waals surface area contributed by atoms with Gasteiger partial charge in [-0.05, 0) is 37.1 Å². The number of thiophene rings is 1. The summed E-state index contributed by atoms with van der Waals surface area (Å²) in [5.41, 5.74) is 0. The molecule has 140 valence electrons. The van der Waals surface area contributed by atoms with Gasteiger partial charge in [-0.25, -0.2) is 0 Å². The van der Waals surface area contributed by atoms with Crippen molar-refractivity contribution in [2.45, 2.75) is 25.4 Å². The Morgan fingerprint density at radius 2 is 2.11 bits per heavy atom. The number of hydrogen-bond acceptors (Lipinski definition) is 6. The minimum atomic E-state index is 0.00347. The lowest BCUT2D eigenvalue weighted by molar-refractivity contribution is 0.0702. The topological polar surface area (TPSA) is 68.5 Å². The van der Waals surface area contributed by atoms with Crippen molar-refractivity contribution in [2.24, 2.45) is 0 Å². The van der Waals surface area contributed by atoms with Gasteiger partial charge in [0.2, 0.25) is 5.89 Å². The number of carbonyl (C=O) groups is 1. The van der Waals surface area contributed by atoms with Crippen LogP contribution in [0.25, 0.3) is 0 Å². The minimum Gasteiger partial charge on any atom is -0.484 e. The third-order valence-corrected chi connectivity index (χ3v) is 5.65. The third-order valence-electron chi connectivity index (χ3n) is 4.43. The summed E-state index contributed by atoms with van der Waals surface area (Å²) < 4.78 is 12.0. The molecule has 8 heteroatoms. The lowest BCUT2D eigenvalue weighted by Gasteiger charge is -2.30. The molecule has 0 radical (unpaired) electrons. The summed E-state index contributed by atoms with van der Waals surface area (Å²) in [5, 5.41) is 8.25. The molecule has 1 unspecified atom stereocenters. The molecule has 0 saturated carbocycles. The summed E-state index contributed by atoms with van der Waals surface area (Å²) in [6.45, 7) is 1.51. The smallest absolute Gasteiger partial charge is 0.263 e. The van der Waals surface area contributed by atoms with Gasteiger partial charge in [0.25, 0.3) is 11.8 Å². The fourth-order valence-electron chi connectivity index (χ4n) is 3.10. The maximum atomic E-state index is 12.6. The summed E-state index contributed by atoms with van der Waals surface area (Å²) >= 11 is 7.25. The molecular weight excluding hydrogens is 386 g/mol. The molecule has 1 amide bonds. The van der Waals surface area contributed by atoms with Crippen molar-refractivity contribution < 1.29 is 13.9 Å². The standard InChI is InChI=1S/C19H18ClN3O3S/c20-16-9-8-15(27-16)19(24)23-10-4-5-13(11-23)18-22-21-17(26-18)12-25-14-6-2-1-3-7-14/h1-3,6-9,13H,4-5,10-12H2. The van der Waals surface area contributed by atoms with E-state index < -0.39 is 0 Å². The summed E-state index contributed by atoms with van der Waals surface area (Å²) in [4.78, 5) is 15.1. The van der Waals surface area contributed by atoms with E-state index in [0.29, 0.717) is 27.5 Å². The van der Waals surface area contributed by atoms with E-state index in [1.165, 1.54) is 11.3 Å². The van der Waals surface area contributed by atoms with Crippen molar-refractivity contribution >= 4 is 28.8 Å². The molecule has 1 saturated heterocycles. The molecule has 4 rings (SSSR count). The number of para-hydroxylation sites is 1. The van der Waals surface area contributed by atoms with Crippen molar-refractivity contribution in [1.29, 1.82) is 0 Å². The number of likely N-dealkylation sites (tertiary alicyclic amines) is 1. The van der Waals surface area contributed by atoms with Crippen LogP contribution in [-0.4, -0.2) is 34.1 Å². The average molecular weight is 404 g/mol. The molecule has 1 aromatic carbocycles. The van der Waals surface area contributed by atoms with Crippen LogP contribution >= 0.6 is 22.9 Å². The van der Waals surface area contributed by atoms with Gasteiger partial charge >= 0.3 is 0 Å². The first-order chi connectivity index (χ1) is 13.2. The molecule has 1 fully saturated rings. The number of hydrogen-bond donors (Lipinski definition) is 0. The largest absolute Gasteiger partial charge is 0.484 e. The first-order valence-corrected chi connectivity index (χ1v) is 9.93. The maximum absolute atomic E-state index is 12.6. The number of benzene rings is 1. The van der Waals surface area contributed by atoms with Gasteiger partial charge in [0.05, 0.1) is 15.1 Å². The number of carbonyl (C=O) groups excluding carboxylic acids is 1. The highest BCUT2D eigenvalue weighted by Crippen LogP contribution is 2.29. The number of ether oxygens (including phenoxy) is 1. The second-order valence-electron chi connectivity index (χ2n) is 6.33. The van der Waals surface area contributed by atoms with E-state index >= 15 is 0 Å². The average Bonchev–Trinajstić information content (AvgIpc) is 3.36. The van der Waals surface area contributed by atoms with E-state index in [1.807, 2.05) is 35.2 Å². The second kappa shape index (κ2) is 8.10. The zero-order valence-corrected chi connectivity index (χ0v) is 16.1. The minimum absolute atomic E-state index is 0.00347. The van der Waals surface area contributed by atoms with E-state index in [1.54, 1.807) is 12.1 Å². The van der Waals surface area contributed by atoms with Crippen LogP contribution in [0.1, 0.15) is 40.2 Å². The number of piperidine rings is 1. The summed E-state index contributed by atoms with van der Waals surface area (Å²) in [6.07, 6.45) is 1.81. The summed E-state index contributed by atoms with van der Waals surface area (Å²) in [6, 6.07) is 13.0. The molecule has 0 N–H and O–H groups in total. The normalized spacial score (nSPS) is 17.1. The Balaban J connectivity index is 1.38. The summed E-state index contributed by atoms with van der Waals surface area (Å²) in [5.74, 6) is 1.78. The number of aromatic nitrogens is 2. The highest BCUT2D eigenvalue weighted by atomic mass is 35.5. The fraction of sp³-hybridized carbons (Fsp3) is 0.316. The van der Waals surface area contributed by atoms with Gasteiger partial charge in [-0.15, -0.1) is 21.5 Å². The first-order valence-electron chi connectivity index (χ1n) is 8.74. The van der Waals surface area contributed by atoms with Crippen molar-refractivity contribution in [1.82, 2.24) is 15.1 Å². The number of nitrogens with zero attached hydrogens (tertiary/aromatic N) is 3. The van der Waals surface area contributed by atoms with Gasteiger partial charge in [-0.3, -0.25) is 4.79 Å². The van der Waals surface area contributed by atoms with Crippen molar-refractivity contribution in [2.75, 3.05) is 13.1 Å². The molecule has 0 spiro atoms. The molecular formula is C19H18ClN3O3S. The van der Waals surface area contributed by atoms with Crippen LogP contribution < -0.4 is 4.74 Å². The highest BCUT2D eigenvalue weighted by Gasteiger charge is 2.29. The van der Waals surface area contributed by atoms with Crippen LogP contribution in [-0.2, 0) is 6.61 Å². The van der Waals surface area contributed by atoms with Crippen molar-refractivity contribution in [3.63, 3.8) is 0 Å². The summed E-state index contributed by atoms with van der Waals surface area (Å²) in [7, 11) is 0. The fourth-order valence-corrected chi connectivity index (χ4v) is 4.11. The van der Waals surface area contributed by atoms with Gasteiger partial charge in [-0.2, -0.15) is 0 Å². The molecule has 27 heavy (non-hydrogen) atoms. The molecule has 0 bridgehead atoms. The van der Waals surface area contributed by atoms with E-state index in [0.717, 1.165) is 25.1 Å². The van der Waals surface area contributed by atoms with Crippen LogP contribution in [0.3, 0.4) is 0 Å². The van der Waals surface area contributed by atoms with Gasteiger partial charge in [0.1, 0.15) is 5.75 Å². The molecule has 3 heterocycles. The molecule has 1 atom stereocenters. The van der Waals surface area contributed by atoms with E-state index in [2.05, 4.69) is 10.2 Å². The Hall–Kier alpha value is -2.38. The van der Waals surface area contributed by atoms with Gasteiger partial charge < -0.3 is 14.1 Å². The lowest BCUT2D eigenvalue weighted by Crippen LogP contribution is -2.38. The predicted octanol–water partition coefficient (Wildman–Crippen LogP) is 4.38. The Labute approximate surface area is 165 Å². The van der Waals surface area contributed by atoms with Crippen LogP contribution in [0.15, 0.2) is 46.9 Å². The molecule has 0 aliphatic carbocycles. The van der Waals surface area contributed by atoms with Crippen molar-refractivity contribution in [3.8, 4) is 5.75 Å². The van der Waals surface area contributed by atoms with E-state index in [-0.39, 0.29) is 18.4 Å². The Kier molecular flexibility index (Phi) is 5.40. The highest BCUT2D eigenvalue weighted by molar-refractivity contribution is 7.17. The van der Waals surface area contributed by atoms with Gasteiger partial charge in [-0.1, -0.05) is 29.8 Å². The number of halogens is 1. The monoisotopic (exact) mass is 403 g/mol. The Morgan fingerprint density at radius 3 is 2.89 bits per heavy atom. The van der Waals surface area contributed by atoms with Crippen molar-refractivity contribution in [3.05, 3.63) is 63.5 Å². The van der Waals surface area contributed by atoms with Crippen LogP contribution in [0, 0.1) is 0 Å². The molecule has 1 aliphatic heterocycles. The van der Waals surface area contributed by atoms with E-state index in [9.17, 15) is 4.79 Å². The Morgan fingerprint density at radius 1 is 1.26 bits per heavy atom. The second-order valence-corrected chi connectivity index (χ2v) is 8.04. The zero-order chi connectivity index (χ0) is 18.6. The predicted molar refractivity (Wildman–Crippen MR) is 102 cm³/mol. The SMILES string of the molecule is O=C(c1ccc(Cl)s1)N1CCCC(c2nnc(COc3ccccc3)o2)C1. The molecule has 2 aromatic heterocycles. The van der Waals surface area contributed by atoms with Gasteiger partial charge in [0, 0.05) is 13.1 Å². The molecule has 1 aliphatic rings. The first kappa shape index (κ1) is 18.0. The van der Waals surface area contributed by atoms with Crippen LogP contribution in [0.5, 0.6) is 5.75 Å². The third kappa shape index (κ3) is 4.31.